The molecular weight excluding hydrogens is 949 g/mol. The van der Waals surface area contributed by atoms with Crippen molar-refractivity contribution in [3.8, 4) is 0 Å². The molecule has 0 N–H and O–H groups in total. The molecule has 3 unspecified atom stereocenters. The number of ketones is 1. The summed E-state index contributed by atoms with van der Waals surface area (Å²) in [6, 6.07) is 12.3. The molecule has 2 fully saturated rings. The molecule has 0 radical (unpaired) electrons. The van der Waals surface area contributed by atoms with Crippen LogP contribution in [0.1, 0.15) is 132 Å². The molecule has 0 bridgehead atoms. The molecule has 0 saturated carbocycles. The zero-order valence-electron chi connectivity index (χ0n) is 44.0. The van der Waals surface area contributed by atoms with E-state index in [0.29, 0.717) is 29.5 Å². The summed E-state index contributed by atoms with van der Waals surface area (Å²) in [4.78, 5) is 27.1. The van der Waals surface area contributed by atoms with Crippen LogP contribution in [0.3, 0.4) is 0 Å². The Hall–Kier alpha value is -1.05. The summed E-state index contributed by atoms with van der Waals surface area (Å²) in [6.45, 7) is 45.6. The molecule has 14 heteroatoms. The first kappa shape index (κ1) is 58.3. The van der Waals surface area contributed by atoms with E-state index < -0.39 is 69.8 Å². The van der Waals surface area contributed by atoms with E-state index in [1.807, 2.05) is 12.1 Å². The fourth-order valence-corrected chi connectivity index (χ4v) is 14.7. The van der Waals surface area contributed by atoms with Crippen molar-refractivity contribution < 1.29 is 41.5 Å². The zero-order valence-corrected chi connectivity index (χ0v) is 49.6. The van der Waals surface area contributed by atoms with Gasteiger partial charge in [-0.05, 0) is 121 Å². The monoisotopic (exact) mass is 1040 g/mol. The Morgan fingerprint density at radius 2 is 1.34 bits per heavy atom. The number of hydrogen-bond donors (Lipinski definition) is 0. The number of halogens is 1. The Morgan fingerprint density at radius 1 is 0.800 bits per heavy atom. The number of fused-ring (bicyclic) bond motifs is 1. The van der Waals surface area contributed by atoms with E-state index in [0.717, 1.165) is 37.4 Å². The van der Waals surface area contributed by atoms with Crippen LogP contribution < -0.4 is 0 Å². The molecule has 2 aliphatic rings. The molecule has 0 aromatic heterocycles. The Balaban J connectivity index is 2.12. The second kappa shape index (κ2) is 23.7. The highest BCUT2D eigenvalue weighted by molar-refractivity contribution is 9.11. The molecule has 372 valence electrons. The lowest BCUT2D eigenvalue weighted by Crippen LogP contribution is -2.69. The van der Waals surface area contributed by atoms with E-state index >= 15 is 0 Å². The molecule has 8 atom stereocenters. The summed E-state index contributed by atoms with van der Waals surface area (Å²) in [7, 11) is -9.15. The fraction of sp³-hybridized carbons (Fsp3) is 0.765. The second-order valence-corrected chi connectivity index (χ2v) is 43.5. The van der Waals surface area contributed by atoms with Crippen LogP contribution in [0, 0.1) is 0 Å². The molecule has 2 saturated heterocycles. The van der Waals surface area contributed by atoms with Crippen molar-refractivity contribution in [2.45, 2.75) is 243 Å². The van der Waals surface area contributed by atoms with Gasteiger partial charge in [-0.2, -0.15) is 0 Å². The molecule has 0 amide bonds. The molecule has 2 heterocycles. The van der Waals surface area contributed by atoms with E-state index in [-0.39, 0.29) is 45.6 Å². The number of carbonyl (C=O) groups is 2. The minimum atomic E-state index is -2.49. The van der Waals surface area contributed by atoms with Gasteiger partial charge in [0.2, 0.25) is 0 Å². The zero-order chi connectivity index (χ0) is 49.4. The fourth-order valence-electron chi connectivity index (χ4n) is 7.79. The van der Waals surface area contributed by atoms with Gasteiger partial charge in [-0.1, -0.05) is 130 Å². The quantitative estimate of drug-likeness (QED) is 0.0603. The van der Waals surface area contributed by atoms with E-state index in [1.54, 1.807) is 30.3 Å². The summed E-state index contributed by atoms with van der Waals surface area (Å²) in [5.74, 6) is -0.517. The highest BCUT2D eigenvalue weighted by Crippen LogP contribution is 2.47. The van der Waals surface area contributed by atoms with Gasteiger partial charge in [0.05, 0.1) is 23.9 Å². The maximum absolute atomic E-state index is 14.0. The smallest absolute Gasteiger partial charge is 0.338 e. The minimum Gasteiger partial charge on any atom is -0.458 e. The Bertz CT molecular complexity index is 1700. The van der Waals surface area contributed by atoms with Crippen LogP contribution in [-0.2, 0) is 36.7 Å². The van der Waals surface area contributed by atoms with Crippen LogP contribution in [0.15, 0.2) is 53.5 Å². The average Bonchev–Trinajstić information content (AvgIpc) is 3.19. The van der Waals surface area contributed by atoms with Crippen molar-refractivity contribution in [3.63, 3.8) is 0 Å². The van der Waals surface area contributed by atoms with Crippen molar-refractivity contribution in [1.82, 2.24) is 0 Å². The van der Waals surface area contributed by atoms with E-state index in [2.05, 4.69) is 145 Å². The lowest BCUT2D eigenvalue weighted by atomic mass is 9.87. The maximum atomic E-state index is 14.0. The van der Waals surface area contributed by atoms with E-state index in [4.69, 9.17) is 31.9 Å². The topological polar surface area (TPSA) is 98.8 Å². The first-order valence-electron chi connectivity index (χ1n) is 24.6. The van der Waals surface area contributed by atoms with Gasteiger partial charge < -0.3 is 31.9 Å². The van der Waals surface area contributed by atoms with Crippen LogP contribution in [0.4, 0.5) is 0 Å². The number of rotatable bonds is 23. The first-order valence-corrected chi connectivity index (χ1v) is 36.7. The molecule has 65 heavy (non-hydrogen) atoms. The lowest BCUT2D eigenvalue weighted by Gasteiger charge is -2.56. The van der Waals surface area contributed by atoms with Gasteiger partial charge in [0.15, 0.2) is 39.1 Å². The third-order valence-electron chi connectivity index (χ3n) is 15.5. The summed E-state index contributed by atoms with van der Waals surface area (Å²) in [6.07, 6.45) is 3.69. The molecule has 2 aliphatic heterocycles. The second-order valence-electron chi connectivity index (χ2n) is 23.3. The van der Waals surface area contributed by atoms with Crippen LogP contribution >= 0.6 is 15.9 Å². The highest BCUT2D eigenvalue weighted by Gasteiger charge is 2.58. The van der Waals surface area contributed by atoms with E-state index in [9.17, 15) is 9.59 Å². The van der Waals surface area contributed by atoms with Crippen molar-refractivity contribution in [2.24, 2.45) is 0 Å². The predicted octanol–water partition coefficient (Wildman–Crippen LogP) is 14.3. The molecule has 0 aliphatic carbocycles. The Morgan fingerprint density at radius 3 is 1.85 bits per heavy atom. The van der Waals surface area contributed by atoms with Gasteiger partial charge in [0.25, 0.3) is 0 Å². The normalized spacial score (nSPS) is 23.8. The highest BCUT2D eigenvalue weighted by atomic mass is 79.9. The SMILES string of the molecule is C=C(Br)C[C@@H](CCC(=O)/C=C/C(O[Si](C)(C)C(C)(C)C)[C@@H]1OC2CC[C@H](CCO[Si](CC)(CC)CC)O[C@@H]2C(O[Si](C)(C)C(C)(C)C)[C@@H]1O[Si](C)(C)C(C)(C)C)OC(=O)c1ccccc1. The van der Waals surface area contributed by atoms with Gasteiger partial charge in [-0.15, -0.1) is 0 Å². The lowest BCUT2D eigenvalue weighted by molar-refractivity contribution is -0.267. The van der Waals surface area contributed by atoms with Crippen molar-refractivity contribution in [3.05, 3.63) is 59.1 Å². The van der Waals surface area contributed by atoms with Gasteiger partial charge in [0.1, 0.15) is 30.5 Å². The minimum absolute atomic E-state index is 0.0157. The summed E-state index contributed by atoms with van der Waals surface area (Å²) < 4.78 is 50.6. The van der Waals surface area contributed by atoms with Gasteiger partial charge in [-0.25, -0.2) is 4.79 Å². The average molecular weight is 1040 g/mol. The van der Waals surface area contributed by atoms with Gasteiger partial charge >= 0.3 is 5.97 Å². The number of hydrogen-bond acceptors (Lipinski definition) is 9. The molecule has 3 rings (SSSR count). The number of esters is 1. The largest absolute Gasteiger partial charge is 0.458 e. The standard InChI is InChI=1S/C51H91BrO9Si4/c1-20-65(21-2,22-3)55-35-34-40-31-33-42-44(56-40)46(60-63(16,17)50(8,9)10)47(61-64(18,19)51(11,12)13)45(58-42)43(59-62(14,15)49(5,6)7)32-29-39(53)28-30-41(36-37(4)52)57-48(54)38-26-24-23-25-27-38/h23-27,29,32,40-47H,4,20-22,28,30-31,33-36H2,1-3,5-19H3/b32-29+/t40-,41-,42?,43?,44+,45+,46?,47-/m1/s1. The third kappa shape index (κ3) is 16.3. The Labute approximate surface area is 408 Å². The summed E-state index contributed by atoms with van der Waals surface area (Å²) in [5, 5.41) is -0.315. The predicted molar refractivity (Wildman–Crippen MR) is 282 cm³/mol. The number of carbonyl (C=O) groups excluding carboxylic acids is 2. The van der Waals surface area contributed by atoms with Crippen LogP contribution in [-0.4, -0.2) is 100 Å². The molecule has 1 aromatic rings. The first-order chi connectivity index (χ1) is 29.8. The summed E-state index contributed by atoms with van der Waals surface area (Å²) >= 11 is 3.45. The molecule has 1 aromatic carbocycles. The van der Waals surface area contributed by atoms with Gasteiger partial charge in [-0.3, -0.25) is 4.79 Å². The molecule has 9 nitrogen and oxygen atoms in total. The van der Waals surface area contributed by atoms with Crippen molar-refractivity contribution >= 4 is 61.0 Å². The van der Waals surface area contributed by atoms with Gasteiger partial charge in [0, 0.05) is 19.4 Å². The van der Waals surface area contributed by atoms with E-state index in [1.165, 1.54) is 0 Å². The third-order valence-corrected chi connectivity index (χ3v) is 34.0. The number of benzene rings is 1. The van der Waals surface area contributed by atoms with Crippen molar-refractivity contribution in [1.29, 1.82) is 0 Å². The number of allylic oxidation sites excluding steroid dienone is 1. The molecule has 0 spiro atoms. The van der Waals surface area contributed by atoms with Crippen LogP contribution in [0.5, 0.6) is 0 Å². The van der Waals surface area contributed by atoms with Crippen LogP contribution in [0.2, 0.25) is 72.5 Å². The summed E-state index contributed by atoms with van der Waals surface area (Å²) in [5.41, 5.74) is 0.464. The van der Waals surface area contributed by atoms with Crippen LogP contribution in [0.25, 0.3) is 0 Å². The Kier molecular flexibility index (Phi) is 21.2. The van der Waals surface area contributed by atoms with Crippen molar-refractivity contribution in [2.75, 3.05) is 6.61 Å². The maximum Gasteiger partial charge on any atom is 0.338 e. The number of ether oxygens (including phenoxy) is 3. The molecular formula is C51H91BrO9Si4.